The van der Waals surface area contributed by atoms with Crippen LogP contribution in [0.2, 0.25) is 0 Å². The number of nitrogens with one attached hydrogen (secondary N) is 2. The summed E-state index contributed by atoms with van der Waals surface area (Å²) in [4.78, 5) is 6.35. The van der Waals surface area contributed by atoms with E-state index in [0.717, 1.165) is 28.4 Å². The van der Waals surface area contributed by atoms with Crippen molar-refractivity contribution >= 4 is 40.0 Å². The Morgan fingerprint density at radius 2 is 1.72 bits per heavy atom. The minimum Gasteiger partial charge on any atom is -0.496 e. The molecule has 2 rings (SSSR count). The number of benzene rings is 2. The third-order valence-electron chi connectivity index (χ3n) is 4.31. The fourth-order valence-electron chi connectivity index (χ4n) is 2.77. The van der Waals surface area contributed by atoms with Crippen LogP contribution in [0.4, 0.5) is 0 Å². The van der Waals surface area contributed by atoms with Gasteiger partial charge in [0.15, 0.2) is 5.96 Å². The van der Waals surface area contributed by atoms with Crippen molar-refractivity contribution in [3.8, 4) is 5.75 Å². The third kappa shape index (κ3) is 7.82. The lowest BCUT2D eigenvalue weighted by atomic mass is 10.1. The van der Waals surface area contributed by atoms with Gasteiger partial charge in [0.1, 0.15) is 5.75 Å². The summed E-state index contributed by atoms with van der Waals surface area (Å²) in [6.07, 6.45) is 0. The van der Waals surface area contributed by atoms with E-state index < -0.39 is 10.0 Å². The Balaban J connectivity index is 0.00000420. The zero-order valence-electron chi connectivity index (χ0n) is 17.2. The summed E-state index contributed by atoms with van der Waals surface area (Å²) in [7, 11) is 3.53. The predicted octanol–water partition coefficient (Wildman–Crippen LogP) is 2.57. The van der Waals surface area contributed by atoms with E-state index in [1.807, 2.05) is 60.5 Å². The highest BCUT2D eigenvalue weighted by Gasteiger charge is 2.11. The molecule has 0 amide bonds. The van der Waals surface area contributed by atoms with Crippen LogP contribution >= 0.6 is 24.0 Å². The van der Waals surface area contributed by atoms with Crippen molar-refractivity contribution in [3.63, 3.8) is 0 Å². The first kappa shape index (κ1) is 25.2. The summed E-state index contributed by atoms with van der Waals surface area (Å²) in [6.45, 7) is 1.24. The lowest BCUT2D eigenvalue weighted by Gasteiger charge is -2.23. The molecule has 0 saturated carbocycles. The van der Waals surface area contributed by atoms with Crippen molar-refractivity contribution in [2.45, 2.75) is 18.8 Å². The molecule has 2 aromatic rings. The highest BCUT2D eigenvalue weighted by atomic mass is 127. The van der Waals surface area contributed by atoms with Gasteiger partial charge in [0, 0.05) is 32.7 Å². The number of aliphatic imine (C=N–C) groups is 1. The molecule has 29 heavy (non-hydrogen) atoms. The topological polar surface area (TPSA) is 83.0 Å². The molecule has 9 heteroatoms. The van der Waals surface area contributed by atoms with Gasteiger partial charge in [-0.1, -0.05) is 42.5 Å². The zero-order chi connectivity index (χ0) is 20.6. The molecule has 0 aliphatic carbocycles. The van der Waals surface area contributed by atoms with Gasteiger partial charge < -0.3 is 15.0 Å². The summed E-state index contributed by atoms with van der Waals surface area (Å²) in [5.74, 6) is 1.57. The van der Waals surface area contributed by atoms with E-state index in [-0.39, 0.29) is 29.7 Å². The fourth-order valence-corrected chi connectivity index (χ4v) is 3.55. The lowest BCUT2D eigenvalue weighted by molar-refractivity contribution is 0.396. The van der Waals surface area contributed by atoms with Crippen molar-refractivity contribution in [2.24, 2.45) is 4.99 Å². The molecule has 0 aromatic heterocycles. The number of sulfonamides is 1. The second kappa shape index (κ2) is 12.0. The number of para-hydroxylation sites is 1. The van der Waals surface area contributed by atoms with Crippen molar-refractivity contribution < 1.29 is 13.2 Å². The van der Waals surface area contributed by atoms with E-state index in [0.29, 0.717) is 13.1 Å². The van der Waals surface area contributed by atoms with Crippen LogP contribution in [0.1, 0.15) is 16.7 Å². The Kier molecular flexibility index (Phi) is 10.4. The second-order valence-corrected chi connectivity index (χ2v) is 8.27. The SMILES string of the molecule is CN=C(NCc1ccc(CS(=O)(=O)NC)cc1)N(C)Cc1ccccc1OC.I. The molecular weight excluding hydrogens is 503 g/mol. The van der Waals surface area contributed by atoms with E-state index in [2.05, 4.69) is 15.0 Å². The van der Waals surface area contributed by atoms with E-state index in [4.69, 9.17) is 4.74 Å². The van der Waals surface area contributed by atoms with Gasteiger partial charge in [-0.2, -0.15) is 0 Å². The molecule has 0 heterocycles. The summed E-state index contributed by atoms with van der Waals surface area (Å²) >= 11 is 0. The predicted molar refractivity (Wildman–Crippen MR) is 128 cm³/mol. The van der Waals surface area contributed by atoms with Crippen LogP contribution < -0.4 is 14.8 Å². The number of ether oxygens (including phenoxy) is 1. The summed E-state index contributed by atoms with van der Waals surface area (Å²) in [6, 6.07) is 15.4. The maximum atomic E-state index is 11.6. The second-order valence-electron chi connectivity index (χ2n) is 6.35. The van der Waals surface area contributed by atoms with Gasteiger partial charge in [0.2, 0.25) is 10.0 Å². The Labute approximate surface area is 190 Å². The monoisotopic (exact) mass is 532 g/mol. The molecule has 0 aliphatic heterocycles. The molecule has 2 aromatic carbocycles. The normalized spacial score (nSPS) is 11.5. The van der Waals surface area contributed by atoms with Crippen molar-refractivity contribution in [2.75, 3.05) is 28.3 Å². The van der Waals surface area contributed by atoms with Crippen LogP contribution in [0, 0.1) is 0 Å². The number of guanidine groups is 1. The van der Waals surface area contributed by atoms with Gasteiger partial charge in [0.05, 0.1) is 12.9 Å². The van der Waals surface area contributed by atoms with Crippen LogP contribution in [0.15, 0.2) is 53.5 Å². The van der Waals surface area contributed by atoms with Gasteiger partial charge in [0.25, 0.3) is 0 Å². The summed E-state index contributed by atoms with van der Waals surface area (Å²) < 4.78 is 31.0. The first-order valence-electron chi connectivity index (χ1n) is 8.91. The van der Waals surface area contributed by atoms with E-state index >= 15 is 0 Å². The Bertz CT molecular complexity index is 902. The number of rotatable bonds is 8. The molecule has 7 nitrogen and oxygen atoms in total. The average molecular weight is 532 g/mol. The highest BCUT2D eigenvalue weighted by molar-refractivity contribution is 14.0. The fraction of sp³-hybridized carbons (Fsp3) is 0.350. The average Bonchev–Trinajstić information content (AvgIpc) is 2.70. The lowest BCUT2D eigenvalue weighted by Crippen LogP contribution is -2.38. The van der Waals surface area contributed by atoms with E-state index in [9.17, 15) is 8.42 Å². The number of methoxy groups -OCH3 is 1. The molecule has 0 fully saturated rings. The van der Waals surface area contributed by atoms with Gasteiger partial charge in [-0.25, -0.2) is 13.1 Å². The number of hydrogen-bond acceptors (Lipinski definition) is 4. The highest BCUT2D eigenvalue weighted by Crippen LogP contribution is 2.18. The third-order valence-corrected chi connectivity index (χ3v) is 5.65. The molecule has 0 aliphatic rings. The Morgan fingerprint density at radius 3 is 2.31 bits per heavy atom. The van der Waals surface area contributed by atoms with Crippen molar-refractivity contribution in [1.29, 1.82) is 0 Å². The first-order valence-corrected chi connectivity index (χ1v) is 10.6. The van der Waals surface area contributed by atoms with E-state index in [1.165, 1.54) is 7.05 Å². The molecule has 160 valence electrons. The molecule has 0 spiro atoms. The largest absolute Gasteiger partial charge is 0.496 e. The summed E-state index contributed by atoms with van der Waals surface area (Å²) in [5, 5.41) is 3.33. The maximum absolute atomic E-state index is 11.6. The molecular formula is C20H29IN4O3S. The first-order chi connectivity index (χ1) is 13.4. The van der Waals surface area contributed by atoms with Gasteiger partial charge in [-0.3, -0.25) is 4.99 Å². The van der Waals surface area contributed by atoms with Crippen LogP contribution in [-0.4, -0.2) is 47.5 Å². The molecule has 0 bridgehead atoms. The van der Waals surface area contributed by atoms with Crippen LogP contribution in [0.5, 0.6) is 5.75 Å². The van der Waals surface area contributed by atoms with Crippen molar-refractivity contribution in [3.05, 3.63) is 65.2 Å². The smallest absolute Gasteiger partial charge is 0.215 e. The minimum absolute atomic E-state index is 0. The van der Waals surface area contributed by atoms with Gasteiger partial charge in [-0.15, -0.1) is 24.0 Å². The molecule has 0 saturated heterocycles. The van der Waals surface area contributed by atoms with Crippen molar-refractivity contribution in [1.82, 2.24) is 14.9 Å². The van der Waals surface area contributed by atoms with Crippen LogP contribution in [0.25, 0.3) is 0 Å². The number of nitrogens with zero attached hydrogens (tertiary/aromatic N) is 2. The summed E-state index contributed by atoms with van der Waals surface area (Å²) in [5.41, 5.74) is 2.86. The van der Waals surface area contributed by atoms with Crippen LogP contribution in [-0.2, 0) is 28.9 Å². The standard InChI is InChI=1S/C20H28N4O3S.HI/c1-21-20(24(3)14-18-7-5-6-8-19(18)27-4)23-13-16-9-11-17(12-10-16)15-28(25,26)22-2;/h5-12,22H,13-15H2,1-4H3,(H,21,23);1H. The maximum Gasteiger partial charge on any atom is 0.215 e. The van der Waals surface area contributed by atoms with Gasteiger partial charge >= 0.3 is 0 Å². The minimum atomic E-state index is -3.26. The van der Waals surface area contributed by atoms with E-state index in [1.54, 1.807) is 14.2 Å². The molecule has 0 unspecified atom stereocenters. The van der Waals surface area contributed by atoms with Crippen LogP contribution in [0.3, 0.4) is 0 Å². The van der Waals surface area contributed by atoms with Gasteiger partial charge in [-0.05, 0) is 24.2 Å². The molecule has 0 atom stereocenters. The molecule has 2 N–H and O–H groups in total. The zero-order valence-corrected chi connectivity index (χ0v) is 20.3. The number of hydrogen-bond donors (Lipinski definition) is 2. The quantitative estimate of drug-likeness (QED) is 0.310. The Hall–Kier alpha value is -1.85. The molecule has 0 radical (unpaired) electrons. The Morgan fingerprint density at radius 1 is 1.10 bits per heavy atom. The number of halogens is 1.